The van der Waals surface area contributed by atoms with Crippen LogP contribution in [-0.4, -0.2) is 62.5 Å². The van der Waals surface area contributed by atoms with Gasteiger partial charge in [-0.15, -0.1) is 0 Å². The molecule has 2 amide bonds. The molecule has 1 N–H and O–H groups in total. The molecule has 170 valence electrons. The molecule has 32 heavy (non-hydrogen) atoms. The summed E-state index contributed by atoms with van der Waals surface area (Å²) in [7, 11) is 0. The Labute approximate surface area is 186 Å². The average molecular weight is 442 g/mol. The standard InChI is InChI=1S/C23H27FN4O4/c1-17(29)25-14-20-16-28(23(30)32-20)19-7-8-22(21(24)13-19)26-9-10-27(31-12-11-26)15-18-5-3-2-4-6-18/h2-8,13,20H,9-12,14-16H2,1H3,(H,25,29)/t20-/m0/s1. The van der Waals surface area contributed by atoms with Crippen LogP contribution in [0, 0.1) is 5.82 Å². The van der Waals surface area contributed by atoms with Crippen LogP contribution in [0.3, 0.4) is 0 Å². The number of nitrogens with one attached hydrogen (secondary N) is 1. The molecule has 2 aromatic rings. The number of hydrogen-bond acceptors (Lipinski definition) is 6. The van der Waals surface area contributed by atoms with Gasteiger partial charge in [0, 0.05) is 33.1 Å². The average Bonchev–Trinajstić information content (AvgIpc) is 3.00. The Bertz CT molecular complexity index is 958. The molecule has 4 rings (SSSR count). The third kappa shape index (κ3) is 5.35. The monoisotopic (exact) mass is 442 g/mol. The SMILES string of the molecule is CC(=O)NC[C@H]1CN(c2ccc(N3CCON(Cc4ccccc4)CC3)c(F)c2)C(=O)O1. The van der Waals surface area contributed by atoms with Crippen LogP contribution >= 0.6 is 0 Å². The first-order chi connectivity index (χ1) is 15.5. The summed E-state index contributed by atoms with van der Waals surface area (Å²) in [5, 5.41) is 4.53. The van der Waals surface area contributed by atoms with Gasteiger partial charge >= 0.3 is 6.09 Å². The van der Waals surface area contributed by atoms with E-state index >= 15 is 4.39 Å². The first-order valence-corrected chi connectivity index (χ1v) is 10.7. The summed E-state index contributed by atoms with van der Waals surface area (Å²) in [5.74, 6) is -0.601. The van der Waals surface area contributed by atoms with Gasteiger partial charge in [-0.1, -0.05) is 30.3 Å². The Balaban J connectivity index is 1.38. The van der Waals surface area contributed by atoms with Crippen molar-refractivity contribution in [1.29, 1.82) is 0 Å². The first kappa shape index (κ1) is 22.0. The molecular weight excluding hydrogens is 415 g/mol. The van der Waals surface area contributed by atoms with Crippen molar-refractivity contribution in [1.82, 2.24) is 10.4 Å². The molecular formula is C23H27FN4O4. The van der Waals surface area contributed by atoms with E-state index in [1.165, 1.54) is 17.9 Å². The maximum Gasteiger partial charge on any atom is 0.414 e. The number of nitrogens with zero attached hydrogens (tertiary/aromatic N) is 3. The molecule has 1 atom stereocenters. The maximum absolute atomic E-state index is 15.0. The van der Waals surface area contributed by atoms with Crippen molar-refractivity contribution in [3.05, 3.63) is 59.9 Å². The van der Waals surface area contributed by atoms with Crippen molar-refractivity contribution in [3.8, 4) is 0 Å². The summed E-state index contributed by atoms with van der Waals surface area (Å²) in [6.07, 6.45) is -1.01. The molecule has 0 bridgehead atoms. The van der Waals surface area contributed by atoms with Gasteiger partial charge in [0.05, 0.1) is 31.1 Å². The largest absolute Gasteiger partial charge is 0.442 e. The van der Waals surface area contributed by atoms with E-state index < -0.39 is 18.0 Å². The number of benzene rings is 2. The maximum atomic E-state index is 15.0. The lowest BCUT2D eigenvalue weighted by molar-refractivity contribution is -0.154. The van der Waals surface area contributed by atoms with Crippen molar-refractivity contribution in [2.45, 2.75) is 19.6 Å². The Morgan fingerprint density at radius 3 is 2.72 bits per heavy atom. The predicted octanol–water partition coefficient (Wildman–Crippen LogP) is 2.54. The van der Waals surface area contributed by atoms with Crippen molar-refractivity contribution in [2.75, 3.05) is 49.1 Å². The summed E-state index contributed by atoms with van der Waals surface area (Å²) >= 11 is 0. The summed E-state index contributed by atoms with van der Waals surface area (Å²) < 4.78 is 20.3. The molecule has 2 aliphatic rings. The Hall–Kier alpha value is -3.17. The van der Waals surface area contributed by atoms with E-state index in [1.807, 2.05) is 28.2 Å². The fraction of sp³-hybridized carbons (Fsp3) is 0.391. The quantitative estimate of drug-likeness (QED) is 0.741. The number of halogens is 1. The van der Waals surface area contributed by atoms with E-state index in [2.05, 4.69) is 17.4 Å². The van der Waals surface area contributed by atoms with Crippen molar-refractivity contribution in [3.63, 3.8) is 0 Å². The molecule has 0 spiro atoms. The first-order valence-electron chi connectivity index (χ1n) is 10.7. The highest BCUT2D eigenvalue weighted by Crippen LogP contribution is 2.28. The molecule has 9 heteroatoms. The molecule has 8 nitrogen and oxygen atoms in total. The zero-order valence-corrected chi connectivity index (χ0v) is 18.0. The van der Waals surface area contributed by atoms with Crippen LogP contribution in [0.15, 0.2) is 48.5 Å². The molecule has 2 fully saturated rings. The van der Waals surface area contributed by atoms with Crippen LogP contribution < -0.4 is 15.1 Å². The van der Waals surface area contributed by atoms with Crippen LogP contribution in [0.2, 0.25) is 0 Å². The minimum Gasteiger partial charge on any atom is -0.442 e. The second kappa shape index (κ2) is 9.97. The van der Waals surface area contributed by atoms with Crippen LogP contribution in [0.1, 0.15) is 12.5 Å². The van der Waals surface area contributed by atoms with Crippen molar-refractivity contribution >= 4 is 23.4 Å². The fourth-order valence-electron chi connectivity index (χ4n) is 3.86. The van der Waals surface area contributed by atoms with Gasteiger partial charge in [-0.2, -0.15) is 5.06 Å². The second-order valence-electron chi connectivity index (χ2n) is 7.86. The lowest BCUT2D eigenvalue weighted by atomic mass is 10.2. The van der Waals surface area contributed by atoms with Crippen molar-refractivity contribution in [2.24, 2.45) is 0 Å². The zero-order chi connectivity index (χ0) is 22.5. The lowest BCUT2D eigenvalue weighted by Crippen LogP contribution is -2.33. The summed E-state index contributed by atoms with van der Waals surface area (Å²) in [4.78, 5) is 32.4. The van der Waals surface area contributed by atoms with E-state index in [9.17, 15) is 9.59 Å². The number of carbonyl (C=O) groups excluding carboxylic acids is 2. The van der Waals surface area contributed by atoms with Crippen LogP contribution in [0.4, 0.5) is 20.6 Å². The number of hydroxylamine groups is 2. The second-order valence-corrected chi connectivity index (χ2v) is 7.86. The third-order valence-corrected chi connectivity index (χ3v) is 5.49. The minimum absolute atomic E-state index is 0.196. The smallest absolute Gasteiger partial charge is 0.414 e. The molecule has 0 aromatic heterocycles. The number of carbonyl (C=O) groups is 2. The number of cyclic esters (lactones) is 1. The number of ether oxygens (including phenoxy) is 1. The van der Waals surface area contributed by atoms with E-state index in [-0.39, 0.29) is 19.0 Å². The Morgan fingerprint density at radius 1 is 1.16 bits per heavy atom. The molecule has 0 aliphatic carbocycles. The number of rotatable bonds is 6. The van der Waals surface area contributed by atoms with Gasteiger partial charge in [0.2, 0.25) is 5.91 Å². The Kier molecular flexibility index (Phi) is 6.87. The highest BCUT2D eigenvalue weighted by atomic mass is 19.1. The molecule has 2 aromatic carbocycles. The lowest BCUT2D eigenvalue weighted by Gasteiger charge is -2.24. The van der Waals surface area contributed by atoms with Gasteiger partial charge in [0.1, 0.15) is 11.9 Å². The molecule has 2 aliphatic heterocycles. The van der Waals surface area contributed by atoms with Gasteiger partial charge < -0.3 is 15.0 Å². The van der Waals surface area contributed by atoms with Crippen molar-refractivity contribution < 1.29 is 23.6 Å². The van der Waals surface area contributed by atoms with Crippen LogP contribution in [0.25, 0.3) is 0 Å². The van der Waals surface area contributed by atoms with Gasteiger partial charge in [-0.05, 0) is 23.8 Å². The Morgan fingerprint density at radius 2 is 1.97 bits per heavy atom. The highest BCUT2D eigenvalue weighted by molar-refractivity contribution is 5.90. The molecule has 2 heterocycles. The van der Waals surface area contributed by atoms with Crippen LogP contribution in [-0.2, 0) is 20.9 Å². The summed E-state index contributed by atoms with van der Waals surface area (Å²) in [6, 6.07) is 14.8. The molecule has 2 saturated heterocycles. The van der Waals surface area contributed by atoms with Gasteiger partial charge in [0.15, 0.2) is 0 Å². The highest BCUT2D eigenvalue weighted by Gasteiger charge is 2.33. The third-order valence-electron chi connectivity index (χ3n) is 5.49. The summed E-state index contributed by atoms with van der Waals surface area (Å²) in [5.41, 5.74) is 2.06. The van der Waals surface area contributed by atoms with Gasteiger partial charge in [-0.3, -0.25) is 14.5 Å². The summed E-state index contributed by atoms with van der Waals surface area (Å²) in [6.45, 7) is 4.83. The fourth-order valence-corrected chi connectivity index (χ4v) is 3.86. The molecule has 0 radical (unpaired) electrons. The van der Waals surface area contributed by atoms with Gasteiger partial charge in [0.25, 0.3) is 0 Å². The van der Waals surface area contributed by atoms with E-state index in [0.29, 0.717) is 44.2 Å². The minimum atomic E-state index is -0.549. The predicted molar refractivity (Wildman–Crippen MR) is 118 cm³/mol. The van der Waals surface area contributed by atoms with Crippen LogP contribution in [0.5, 0.6) is 0 Å². The molecule has 0 saturated carbocycles. The topological polar surface area (TPSA) is 74.4 Å². The van der Waals surface area contributed by atoms with Gasteiger partial charge in [-0.25, -0.2) is 9.18 Å². The number of amides is 2. The van der Waals surface area contributed by atoms with E-state index in [4.69, 9.17) is 9.57 Å². The van der Waals surface area contributed by atoms with E-state index in [0.717, 1.165) is 5.56 Å². The number of hydrogen-bond donors (Lipinski definition) is 1. The molecule has 0 unspecified atom stereocenters. The zero-order valence-electron chi connectivity index (χ0n) is 18.0. The number of anilines is 2. The van der Waals surface area contributed by atoms with E-state index in [1.54, 1.807) is 12.1 Å². The normalized spacial score (nSPS) is 19.6.